The average molecular weight is 289 g/mol. The van der Waals surface area contributed by atoms with Gasteiger partial charge in [-0.2, -0.15) is 20.2 Å². The number of hydrogen-bond donors (Lipinski definition) is 3. The molecule has 108 valence electrons. The molecule has 4 N–H and O–H groups in total. The van der Waals surface area contributed by atoms with Crippen molar-refractivity contribution in [1.82, 2.24) is 15.0 Å². The molecule has 0 unspecified atom stereocenters. The fourth-order valence-corrected chi connectivity index (χ4v) is 1.53. The Labute approximate surface area is 119 Å². The first-order valence-electron chi connectivity index (χ1n) is 5.99. The van der Waals surface area contributed by atoms with Crippen LogP contribution < -0.4 is 21.3 Å². The molecule has 21 heavy (non-hydrogen) atoms. The molecule has 2 aromatic rings. The number of halogens is 1. The summed E-state index contributed by atoms with van der Waals surface area (Å²) in [5.74, 6) is 4.77. The highest BCUT2D eigenvalue weighted by molar-refractivity contribution is 5.63. The molecule has 2 rings (SSSR count). The summed E-state index contributed by atoms with van der Waals surface area (Å²) in [7, 11) is 0. The van der Waals surface area contributed by atoms with Gasteiger partial charge in [-0.3, -0.25) is 5.43 Å². The fourth-order valence-electron chi connectivity index (χ4n) is 1.53. The predicted octanol–water partition coefficient (Wildman–Crippen LogP) is 1.31. The predicted molar refractivity (Wildman–Crippen MR) is 73.2 cm³/mol. The van der Waals surface area contributed by atoms with Gasteiger partial charge in [0.05, 0.1) is 12.3 Å². The fraction of sp³-hybridized carbons (Fsp3) is 0.167. The van der Waals surface area contributed by atoms with Gasteiger partial charge < -0.3 is 10.1 Å². The van der Waals surface area contributed by atoms with Crippen LogP contribution in [0.4, 0.5) is 22.0 Å². The molecule has 0 bridgehead atoms. The molecule has 1 aromatic heterocycles. The van der Waals surface area contributed by atoms with Crippen LogP contribution >= 0.6 is 0 Å². The standard InChI is InChI=1S/C12H12FN7O/c1-2-21-12-18-10(17-11(19-12)20-15)16-9-5-3-4-8(13)7(9)6-14/h3-5H,2,15H2,1H3,(H2,16,17,18,19,20). The number of benzene rings is 1. The molecule has 1 aromatic carbocycles. The lowest BCUT2D eigenvalue weighted by Gasteiger charge is -2.09. The summed E-state index contributed by atoms with van der Waals surface area (Å²) in [5.41, 5.74) is 2.36. The molecule has 9 heteroatoms. The normalized spacial score (nSPS) is 9.81. The van der Waals surface area contributed by atoms with Crippen LogP contribution in [0.5, 0.6) is 6.01 Å². The van der Waals surface area contributed by atoms with E-state index in [0.717, 1.165) is 0 Å². The number of aromatic nitrogens is 3. The van der Waals surface area contributed by atoms with Gasteiger partial charge in [0, 0.05) is 0 Å². The van der Waals surface area contributed by atoms with E-state index in [-0.39, 0.29) is 29.2 Å². The van der Waals surface area contributed by atoms with Crippen molar-refractivity contribution in [1.29, 1.82) is 5.26 Å². The molecule has 8 nitrogen and oxygen atoms in total. The molecular weight excluding hydrogens is 277 g/mol. The molecule has 0 radical (unpaired) electrons. The Bertz CT molecular complexity index is 686. The Morgan fingerprint density at radius 2 is 2.10 bits per heavy atom. The van der Waals surface area contributed by atoms with Gasteiger partial charge in [-0.25, -0.2) is 10.2 Å². The van der Waals surface area contributed by atoms with Crippen LogP contribution in [0, 0.1) is 17.1 Å². The molecule has 0 amide bonds. The van der Waals surface area contributed by atoms with Crippen LogP contribution in [0.3, 0.4) is 0 Å². The van der Waals surface area contributed by atoms with Gasteiger partial charge in [-0.15, -0.1) is 0 Å². The van der Waals surface area contributed by atoms with Crippen molar-refractivity contribution in [3.8, 4) is 12.1 Å². The molecule has 0 spiro atoms. The second-order valence-electron chi connectivity index (χ2n) is 3.74. The highest BCUT2D eigenvalue weighted by Crippen LogP contribution is 2.22. The van der Waals surface area contributed by atoms with E-state index in [1.807, 2.05) is 0 Å². The van der Waals surface area contributed by atoms with Crippen molar-refractivity contribution in [3.63, 3.8) is 0 Å². The maximum absolute atomic E-state index is 13.5. The second kappa shape index (κ2) is 6.44. The lowest BCUT2D eigenvalue weighted by Crippen LogP contribution is -2.13. The number of ether oxygens (including phenoxy) is 1. The molecule has 0 saturated carbocycles. The van der Waals surface area contributed by atoms with Crippen molar-refractivity contribution >= 4 is 17.6 Å². The number of nitriles is 1. The minimum atomic E-state index is -0.640. The maximum atomic E-state index is 13.5. The van der Waals surface area contributed by atoms with E-state index in [4.69, 9.17) is 15.8 Å². The summed E-state index contributed by atoms with van der Waals surface area (Å²) in [6, 6.07) is 6.01. The Morgan fingerprint density at radius 3 is 2.76 bits per heavy atom. The Morgan fingerprint density at radius 1 is 1.33 bits per heavy atom. The summed E-state index contributed by atoms with van der Waals surface area (Å²) in [4.78, 5) is 11.8. The van der Waals surface area contributed by atoms with E-state index in [9.17, 15) is 4.39 Å². The highest BCUT2D eigenvalue weighted by atomic mass is 19.1. The first-order chi connectivity index (χ1) is 10.2. The Kier molecular flexibility index (Phi) is 4.43. The molecule has 0 aliphatic rings. The van der Waals surface area contributed by atoms with Gasteiger partial charge in [0.2, 0.25) is 11.9 Å². The molecule has 0 fully saturated rings. The third-order valence-corrected chi connectivity index (χ3v) is 2.39. The van der Waals surface area contributed by atoms with E-state index in [1.54, 1.807) is 13.0 Å². The number of anilines is 3. The lowest BCUT2D eigenvalue weighted by molar-refractivity contribution is 0.312. The first-order valence-corrected chi connectivity index (χ1v) is 5.99. The average Bonchev–Trinajstić information content (AvgIpc) is 2.47. The summed E-state index contributed by atoms with van der Waals surface area (Å²) >= 11 is 0. The van der Waals surface area contributed by atoms with Crippen LogP contribution in [-0.4, -0.2) is 21.6 Å². The van der Waals surface area contributed by atoms with E-state index in [0.29, 0.717) is 6.61 Å². The topological polar surface area (TPSA) is 122 Å². The van der Waals surface area contributed by atoms with E-state index < -0.39 is 5.82 Å². The number of nitrogens with one attached hydrogen (secondary N) is 2. The van der Waals surface area contributed by atoms with E-state index >= 15 is 0 Å². The zero-order valence-corrected chi connectivity index (χ0v) is 11.1. The van der Waals surface area contributed by atoms with Crippen molar-refractivity contribution in [2.24, 2.45) is 5.84 Å². The molecule has 0 saturated heterocycles. The van der Waals surface area contributed by atoms with E-state index in [2.05, 4.69) is 25.7 Å². The van der Waals surface area contributed by atoms with Gasteiger partial charge >= 0.3 is 6.01 Å². The monoisotopic (exact) mass is 289 g/mol. The quantitative estimate of drug-likeness (QED) is 0.556. The van der Waals surface area contributed by atoms with Crippen molar-refractivity contribution in [2.75, 3.05) is 17.3 Å². The van der Waals surface area contributed by atoms with Crippen LogP contribution in [0.1, 0.15) is 12.5 Å². The Balaban J connectivity index is 2.37. The van der Waals surface area contributed by atoms with Gasteiger partial charge in [-0.05, 0) is 19.1 Å². The summed E-state index contributed by atoms with van der Waals surface area (Å²) in [6.07, 6.45) is 0. The SMILES string of the molecule is CCOc1nc(NN)nc(Nc2cccc(F)c2C#N)n1. The highest BCUT2D eigenvalue weighted by Gasteiger charge is 2.11. The van der Waals surface area contributed by atoms with Crippen LogP contribution in [0.15, 0.2) is 18.2 Å². The zero-order chi connectivity index (χ0) is 15.2. The third kappa shape index (κ3) is 3.31. The number of hydrazine groups is 1. The first kappa shape index (κ1) is 14.4. The van der Waals surface area contributed by atoms with E-state index in [1.165, 1.54) is 18.2 Å². The number of nitrogens with two attached hydrogens (primary N) is 1. The maximum Gasteiger partial charge on any atom is 0.323 e. The van der Waals surface area contributed by atoms with Crippen molar-refractivity contribution < 1.29 is 9.13 Å². The summed E-state index contributed by atoms with van der Waals surface area (Å²) in [6.45, 7) is 2.13. The smallest absolute Gasteiger partial charge is 0.323 e. The van der Waals surface area contributed by atoms with Gasteiger partial charge in [0.15, 0.2) is 0 Å². The minimum Gasteiger partial charge on any atom is -0.464 e. The van der Waals surface area contributed by atoms with Gasteiger partial charge in [-0.1, -0.05) is 6.07 Å². The van der Waals surface area contributed by atoms with Crippen LogP contribution in [-0.2, 0) is 0 Å². The summed E-state index contributed by atoms with van der Waals surface area (Å²) < 4.78 is 18.7. The number of hydrogen-bond acceptors (Lipinski definition) is 8. The van der Waals surface area contributed by atoms with Crippen molar-refractivity contribution in [2.45, 2.75) is 6.92 Å². The third-order valence-electron chi connectivity index (χ3n) is 2.39. The number of nitrogens with zero attached hydrogens (tertiary/aromatic N) is 4. The van der Waals surface area contributed by atoms with Crippen LogP contribution in [0.25, 0.3) is 0 Å². The number of nitrogen functional groups attached to an aromatic ring is 1. The largest absolute Gasteiger partial charge is 0.464 e. The molecule has 0 atom stereocenters. The summed E-state index contributed by atoms with van der Waals surface area (Å²) in [5, 5.41) is 11.7. The Hall–Kier alpha value is -2.99. The molecule has 0 aliphatic carbocycles. The van der Waals surface area contributed by atoms with Crippen LogP contribution in [0.2, 0.25) is 0 Å². The molecule has 1 heterocycles. The zero-order valence-electron chi connectivity index (χ0n) is 11.1. The lowest BCUT2D eigenvalue weighted by atomic mass is 10.2. The number of rotatable bonds is 5. The minimum absolute atomic E-state index is 0.0536. The second-order valence-corrected chi connectivity index (χ2v) is 3.74. The van der Waals surface area contributed by atoms with Gasteiger partial charge in [0.25, 0.3) is 0 Å². The van der Waals surface area contributed by atoms with Crippen molar-refractivity contribution in [3.05, 3.63) is 29.6 Å². The molecule has 0 aliphatic heterocycles. The molecular formula is C12H12FN7O. The van der Waals surface area contributed by atoms with Gasteiger partial charge in [0.1, 0.15) is 17.4 Å².